The zero-order chi connectivity index (χ0) is 12.3. The highest BCUT2D eigenvalue weighted by Crippen LogP contribution is 2.26. The smallest absolute Gasteiger partial charge is 0.252 e. The van der Waals surface area contributed by atoms with Crippen LogP contribution in [-0.2, 0) is 6.42 Å². The molecule has 0 fully saturated rings. The lowest BCUT2D eigenvalue weighted by molar-refractivity contribution is 0.0800. The third-order valence-electron chi connectivity index (χ3n) is 2.19. The molecule has 0 spiro atoms. The predicted molar refractivity (Wildman–Crippen MR) is 61.5 cm³/mol. The van der Waals surface area contributed by atoms with Crippen molar-refractivity contribution in [1.29, 1.82) is 0 Å². The summed E-state index contributed by atoms with van der Waals surface area (Å²) >= 11 is 0. The molecular weight excluding hydrogens is 206 g/mol. The Kier molecular flexibility index (Phi) is 3.55. The first-order chi connectivity index (χ1) is 7.35. The van der Waals surface area contributed by atoms with Gasteiger partial charge in [-0.05, 0) is 25.5 Å². The summed E-state index contributed by atoms with van der Waals surface area (Å²) < 4.78 is 5.17. The van der Waals surface area contributed by atoms with Gasteiger partial charge in [-0.25, -0.2) is 0 Å². The topological polar surface area (TPSA) is 72.6 Å². The number of carbonyl (C=O) groups excluding carboxylic acids is 1. The molecular formula is C12H17NO3. The minimum atomic E-state index is -0.858. The van der Waals surface area contributed by atoms with E-state index in [1.165, 1.54) is 7.11 Å². The van der Waals surface area contributed by atoms with Crippen LogP contribution in [0.2, 0.25) is 0 Å². The number of hydrogen-bond acceptors (Lipinski definition) is 3. The van der Waals surface area contributed by atoms with Crippen molar-refractivity contribution in [2.24, 2.45) is 5.73 Å². The lowest BCUT2D eigenvalue weighted by Crippen LogP contribution is -2.23. The molecule has 4 nitrogen and oxygen atoms in total. The third kappa shape index (κ3) is 2.97. The van der Waals surface area contributed by atoms with E-state index in [-0.39, 0.29) is 0 Å². The quantitative estimate of drug-likeness (QED) is 0.803. The number of hydrogen-bond donors (Lipinski definition) is 2. The SMILES string of the molecule is COc1c(CC(C)(C)O)cccc1C(N)=O. The standard InChI is InChI=1S/C12H17NO3/c1-12(2,15)7-8-5-4-6-9(11(13)14)10(8)16-3/h4-6,15H,7H2,1-3H3,(H2,13,14). The second-order valence-electron chi connectivity index (χ2n) is 4.35. The van der Waals surface area contributed by atoms with E-state index in [0.717, 1.165) is 5.56 Å². The van der Waals surface area contributed by atoms with Crippen LogP contribution in [-0.4, -0.2) is 23.7 Å². The van der Waals surface area contributed by atoms with Crippen molar-refractivity contribution >= 4 is 5.91 Å². The average Bonchev–Trinajstić information content (AvgIpc) is 2.14. The highest BCUT2D eigenvalue weighted by Gasteiger charge is 2.19. The largest absolute Gasteiger partial charge is 0.496 e. The average molecular weight is 223 g/mol. The van der Waals surface area contributed by atoms with Gasteiger partial charge < -0.3 is 15.6 Å². The summed E-state index contributed by atoms with van der Waals surface area (Å²) in [6.07, 6.45) is 0.400. The van der Waals surface area contributed by atoms with Crippen LogP contribution in [0.1, 0.15) is 29.8 Å². The van der Waals surface area contributed by atoms with E-state index >= 15 is 0 Å². The van der Waals surface area contributed by atoms with Gasteiger partial charge in [0.25, 0.3) is 5.91 Å². The molecule has 0 radical (unpaired) electrons. The molecule has 3 N–H and O–H groups in total. The summed E-state index contributed by atoms with van der Waals surface area (Å²) in [4.78, 5) is 11.2. The van der Waals surface area contributed by atoms with Crippen LogP contribution in [0, 0.1) is 0 Å². The predicted octanol–water partition coefficient (Wildman–Crippen LogP) is 1.11. The van der Waals surface area contributed by atoms with Crippen molar-refractivity contribution in [3.05, 3.63) is 29.3 Å². The van der Waals surface area contributed by atoms with E-state index in [0.29, 0.717) is 17.7 Å². The number of ether oxygens (including phenoxy) is 1. The number of para-hydroxylation sites is 1. The number of primary amides is 1. The summed E-state index contributed by atoms with van der Waals surface area (Å²) in [5.74, 6) is -0.0911. The van der Waals surface area contributed by atoms with Crippen LogP contribution in [0.4, 0.5) is 0 Å². The van der Waals surface area contributed by atoms with Crippen LogP contribution in [0.5, 0.6) is 5.75 Å². The van der Waals surface area contributed by atoms with Crippen molar-refractivity contribution in [3.8, 4) is 5.75 Å². The Morgan fingerprint density at radius 1 is 1.50 bits per heavy atom. The van der Waals surface area contributed by atoms with Crippen LogP contribution < -0.4 is 10.5 Å². The van der Waals surface area contributed by atoms with Crippen molar-refractivity contribution in [3.63, 3.8) is 0 Å². The summed E-state index contributed by atoms with van der Waals surface area (Å²) in [5.41, 5.74) is 5.49. The zero-order valence-corrected chi connectivity index (χ0v) is 9.78. The van der Waals surface area contributed by atoms with Crippen molar-refractivity contribution in [1.82, 2.24) is 0 Å². The van der Waals surface area contributed by atoms with Crippen LogP contribution >= 0.6 is 0 Å². The molecule has 0 aromatic heterocycles. The molecule has 0 aliphatic rings. The van der Waals surface area contributed by atoms with E-state index in [2.05, 4.69) is 0 Å². The molecule has 16 heavy (non-hydrogen) atoms. The number of aliphatic hydroxyl groups is 1. The zero-order valence-electron chi connectivity index (χ0n) is 9.78. The van der Waals surface area contributed by atoms with E-state index in [1.807, 2.05) is 6.07 Å². The van der Waals surface area contributed by atoms with Crippen molar-refractivity contribution in [2.45, 2.75) is 25.9 Å². The third-order valence-corrected chi connectivity index (χ3v) is 2.19. The Labute approximate surface area is 95.0 Å². The summed E-state index contributed by atoms with van der Waals surface area (Å²) in [6.45, 7) is 3.40. The van der Waals surface area contributed by atoms with E-state index in [9.17, 15) is 9.90 Å². The molecule has 0 saturated heterocycles. The van der Waals surface area contributed by atoms with E-state index in [4.69, 9.17) is 10.5 Å². The molecule has 1 aromatic rings. The van der Waals surface area contributed by atoms with Gasteiger partial charge in [-0.15, -0.1) is 0 Å². The first-order valence-electron chi connectivity index (χ1n) is 5.03. The highest BCUT2D eigenvalue weighted by molar-refractivity contribution is 5.96. The fourth-order valence-corrected chi connectivity index (χ4v) is 1.63. The Morgan fingerprint density at radius 3 is 2.56 bits per heavy atom. The van der Waals surface area contributed by atoms with Gasteiger partial charge in [-0.2, -0.15) is 0 Å². The second kappa shape index (κ2) is 4.53. The van der Waals surface area contributed by atoms with Crippen LogP contribution in [0.15, 0.2) is 18.2 Å². The number of methoxy groups -OCH3 is 1. The molecule has 4 heteroatoms. The van der Waals surface area contributed by atoms with Gasteiger partial charge in [-0.1, -0.05) is 12.1 Å². The molecule has 1 amide bonds. The Bertz CT molecular complexity index is 394. The van der Waals surface area contributed by atoms with Gasteiger partial charge in [-0.3, -0.25) is 4.79 Å². The Balaban J connectivity index is 3.19. The maximum atomic E-state index is 11.2. The fourth-order valence-electron chi connectivity index (χ4n) is 1.63. The highest BCUT2D eigenvalue weighted by atomic mass is 16.5. The van der Waals surface area contributed by atoms with Gasteiger partial charge in [0.15, 0.2) is 0 Å². The molecule has 0 aliphatic carbocycles. The monoisotopic (exact) mass is 223 g/mol. The minimum absolute atomic E-state index is 0.337. The molecule has 0 saturated carbocycles. The Morgan fingerprint density at radius 2 is 2.12 bits per heavy atom. The first-order valence-corrected chi connectivity index (χ1v) is 5.03. The fraction of sp³-hybridized carbons (Fsp3) is 0.417. The van der Waals surface area contributed by atoms with Gasteiger partial charge in [0, 0.05) is 6.42 Å². The van der Waals surface area contributed by atoms with Gasteiger partial charge in [0.2, 0.25) is 0 Å². The lowest BCUT2D eigenvalue weighted by Gasteiger charge is -2.19. The second-order valence-corrected chi connectivity index (χ2v) is 4.35. The number of carbonyl (C=O) groups is 1. The summed E-state index contributed by atoms with van der Waals surface area (Å²) in [5, 5.41) is 9.75. The maximum absolute atomic E-state index is 11.2. The van der Waals surface area contributed by atoms with Crippen molar-refractivity contribution in [2.75, 3.05) is 7.11 Å². The summed E-state index contributed by atoms with van der Waals surface area (Å²) in [6, 6.07) is 5.14. The normalized spacial score (nSPS) is 11.2. The molecule has 0 heterocycles. The molecule has 0 aliphatic heterocycles. The summed E-state index contributed by atoms with van der Waals surface area (Å²) in [7, 11) is 1.48. The molecule has 1 aromatic carbocycles. The van der Waals surface area contributed by atoms with E-state index in [1.54, 1.807) is 26.0 Å². The van der Waals surface area contributed by atoms with Gasteiger partial charge in [0.1, 0.15) is 5.75 Å². The molecule has 0 bridgehead atoms. The first kappa shape index (κ1) is 12.5. The van der Waals surface area contributed by atoms with Gasteiger partial charge >= 0.3 is 0 Å². The lowest BCUT2D eigenvalue weighted by atomic mass is 9.96. The van der Waals surface area contributed by atoms with E-state index < -0.39 is 11.5 Å². The molecule has 0 unspecified atom stereocenters. The Hall–Kier alpha value is -1.55. The molecule has 1 rings (SSSR count). The number of nitrogens with two attached hydrogens (primary N) is 1. The van der Waals surface area contributed by atoms with Crippen LogP contribution in [0.3, 0.4) is 0 Å². The van der Waals surface area contributed by atoms with Crippen molar-refractivity contribution < 1.29 is 14.6 Å². The number of amides is 1. The molecule has 0 atom stereocenters. The van der Waals surface area contributed by atoms with Crippen LogP contribution in [0.25, 0.3) is 0 Å². The minimum Gasteiger partial charge on any atom is -0.496 e. The van der Waals surface area contributed by atoms with Gasteiger partial charge in [0.05, 0.1) is 18.3 Å². The maximum Gasteiger partial charge on any atom is 0.252 e. The number of rotatable bonds is 4. The number of benzene rings is 1. The molecule has 88 valence electrons.